The Morgan fingerprint density at radius 1 is 1.50 bits per heavy atom. The molecule has 1 atom stereocenters. The van der Waals surface area contributed by atoms with Gasteiger partial charge in [0.1, 0.15) is 0 Å². The molecule has 18 heavy (non-hydrogen) atoms. The molecular weight excluding hydrogens is 255 g/mol. The molecule has 0 spiro atoms. The average molecular weight is 264 g/mol. The molecule has 8 heteroatoms. The second kappa shape index (κ2) is 5.21. The first-order valence-electron chi connectivity index (χ1n) is 4.72. The number of nitrogens with zero attached hydrogens (tertiary/aromatic N) is 1. The minimum absolute atomic E-state index is 0.211. The molecule has 0 heterocycles. The zero-order chi connectivity index (χ0) is 13.9. The van der Waals surface area contributed by atoms with Crippen LogP contribution in [-0.4, -0.2) is 23.0 Å². The lowest BCUT2D eigenvalue weighted by Crippen LogP contribution is -2.18. The molecule has 0 amide bonds. The highest BCUT2D eigenvalue weighted by atomic mass is 19.4. The number of rotatable bonds is 4. The lowest BCUT2D eigenvalue weighted by Gasteiger charge is -2.12. The first-order chi connectivity index (χ1) is 8.24. The number of nitro benzene ring substituents is 1. The van der Waals surface area contributed by atoms with Gasteiger partial charge in [0.2, 0.25) is 5.75 Å². The van der Waals surface area contributed by atoms with Gasteiger partial charge in [-0.05, 0) is 18.6 Å². The van der Waals surface area contributed by atoms with E-state index in [2.05, 4.69) is 11.7 Å². The van der Waals surface area contributed by atoms with Crippen LogP contribution in [0, 0.1) is 17.0 Å². The fraction of sp³-hybridized carbons (Fsp3) is 0.300. The second-order valence-corrected chi connectivity index (χ2v) is 3.41. The van der Waals surface area contributed by atoms with Crippen LogP contribution in [-0.2, 0) is 0 Å². The van der Waals surface area contributed by atoms with Crippen LogP contribution < -0.4 is 4.74 Å². The van der Waals surface area contributed by atoms with E-state index in [1.807, 2.05) is 0 Å². The van der Waals surface area contributed by atoms with Crippen LogP contribution in [0.15, 0.2) is 18.2 Å². The molecule has 0 saturated carbocycles. The molecule has 99 valence electrons. The maximum absolute atomic E-state index is 12.1. The van der Waals surface area contributed by atoms with Crippen molar-refractivity contribution in [1.82, 2.24) is 0 Å². The third kappa shape index (κ3) is 3.59. The zero-order valence-corrected chi connectivity index (χ0v) is 8.98. The van der Waals surface area contributed by atoms with Gasteiger partial charge in [0.15, 0.2) is 0 Å². The Morgan fingerprint density at radius 3 is 2.56 bits per heavy atom. The second-order valence-electron chi connectivity index (χ2n) is 3.41. The maximum Gasteiger partial charge on any atom is 0.573 e. The summed E-state index contributed by atoms with van der Waals surface area (Å²) >= 11 is 0. The molecule has 0 aliphatic heterocycles. The number of hydrogen-bond acceptors (Lipinski definition) is 4. The van der Waals surface area contributed by atoms with Gasteiger partial charge in [0.25, 0.3) is 0 Å². The summed E-state index contributed by atoms with van der Waals surface area (Å²) in [6.07, 6.45) is -5.03. The summed E-state index contributed by atoms with van der Waals surface area (Å²) in [7, 11) is 0. The maximum atomic E-state index is 12.1. The summed E-state index contributed by atoms with van der Waals surface area (Å²) in [5, 5.41) is 19.4. The number of aliphatic hydroxyl groups is 1. The van der Waals surface area contributed by atoms with Gasteiger partial charge in [-0.1, -0.05) is 6.07 Å². The summed E-state index contributed by atoms with van der Waals surface area (Å²) in [4.78, 5) is 9.57. The molecular formula is C10H9F3NO4. The van der Waals surface area contributed by atoms with E-state index >= 15 is 0 Å². The summed E-state index contributed by atoms with van der Waals surface area (Å²) in [5.41, 5.74) is -0.594. The van der Waals surface area contributed by atoms with Crippen LogP contribution >= 0.6 is 0 Å². The third-order valence-corrected chi connectivity index (χ3v) is 2.10. The Kier molecular flexibility index (Phi) is 4.12. The monoisotopic (exact) mass is 264 g/mol. The molecule has 0 bridgehead atoms. The number of alkyl halides is 3. The molecule has 1 unspecified atom stereocenters. The van der Waals surface area contributed by atoms with E-state index in [4.69, 9.17) is 5.11 Å². The Morgan fingerprint density at radius 2 is 2.11 bits per heavy atom. The predicted molar refractivity (Wildman–Crippen MR) is 55.0 cm³/mol. The largest absolute Gasteiger partial charge is 0.573 e. The van der Waals surface area contributed by atoms with Crippen molar-refractivity contribution in [2.45, 2.75) is 12.3 Å². The Hall–Kier alpha value is -1.83. The molecule has 1 N–H and O–H groups in total. The lowest BCUT2D eigenvalue weighted by molar-refractivity contribution is -0.388. The van der Waals surface area contributed by atoms with E-state index in [-0.39, 0.29) is 5.56 Å². The van der Waals surface area contributed by atoms with Crippen LogP contribution in [0.25, 0.3) is 0 Å². The summed E-state index contributed by atoms with van der Waals surface area (Å²) in [6.45, 7) is 3.08. The quantitative estimate of drug-likeness (QED) is 0.669. The first-order valence-corrected chi connectivity index (χ1v) is 4.72. The van der Waals surface area contributed by atoms with Gasteiger partial charge in [0.05, 0.1) is 4.92 Å². The summed E-state index contributed by atoms with van der Waals surface area (Å²) in [6, 6.07) is 2.94. The standard InChI is InChI=1S/C10H9F3NO4/c1-6(5-15)7-2-3-8(14(16)17)9(4-7)18-10(11,12)13/h2-4,6,15H,1,5H2. The number of hydrogen-bond donors (Lipinski definition) is 1. The van der Waals surface area contributed by atoms with E-state index < -0.39 is 35.2 Å². The van der Waals surface area contributed by atoms with E-state index in [0.717, 1.165) is 12.1 Å². The molecule has 0 saturated heterocycles. The fourth-order valence-electron chi connectivity index (χ4n) is 1.25. The smallest absolute Gasteiger partial charge is 0.398 e. The summed E-state index contributed by atoms with van der Waals surface area (Å²) < 4.78 is 39.8. The van der Waals surface area contributed by atoms with Crippen molar-refractivity contribution in [2.24, 2.45) is 0 Å². The van der Waals surface area contributed by atoms with Crippen LogP contribution in [0.4, 0.5) is 18.9 Å². The first kappa shape index (κ1) is 14.2. The van der Waals surface area contributed by atoms with Crippen molar-refractivity contribution in [2.75, 3.05) is 6.61 Å². The van der Waals surface area contributed by atoms with Crippen LogP contribution in [0.2, 0.25) is 0 Å². The van der Waals surface area contributed by atoms with Gasteiger partial charge in [-0.3, -0.25) is 10.1 Å². The normalized spacial score (nSPS) is 13.2. The third-order valence-electron chi connectivity index (χ3n) is 2.10. The van der Waals surface area contributed by atoms with E-state index in [1.165, 1.54) is 6.07 Å². The molecule has 0 aliphatic carbocycles. The van der Waals surface area contributed by atoms with Crippen LogP contribution in [0.3, 0.4) is 0 Å². The van der Waals surface area contributed by atoms with Gasteiger partial charge in [-0.25, -0.2) is 0 Å². The van der Waals surface area contributed by atoms with Crippen molar-refractivity contribution in [1.29, 1.82) is 0 Å². The van der Waals surface area contributed by atoms with Crippen LogP contribution in [0.5, 0.6) is 5.75 Å². The number of nitro groups is 1. The number of ether oxygens (including phenoxy) is 1. The Labute approximate surface area is 99.9 Å². The van der Waals surface area contributed by atoms with Gasteiger partial charge in [0, 0.05) is 18.6 Å². The molecule has 1 radical (unpaired) electrons. The Balaban J connectivity index is 3.20. The van der Waals surface area contributed by atoms with Crippen molar-refractivity contribution in [3.8, 4) is 5.75 Å². The molecule has 1 rings (SSSR count). The fourth-order valence-corrected chi connectivity index (χ4v) is 1.25. The molecule has 1 aromatic carbocycles. The van der Waals surface area contributed by atoms with Gasteiger partial charge >= 0.3 is 12.0 Å². The van der Waals surface area contributed by atoms with E-state index in [9.17, 15) is 23.3 Å². The minimum Gasteiger partial charge on any atom is -0.398 e. The Bertz CT molecular complexity index is 447. The van der Waals surface area contributed by atoms with Gasteiger partial charge in [-0.2, -0.15) is 0 Å². The molecule has 5 nitrogen and oxygen atoms in total. The van der Waals surface area contributed by atoms with E-state index in [0.29, 0.717) is 0 Å². The van der Waals surface area contributed by atoms with Crippen molar-refractivity contribution >= 4 is 5.69 Å². The molecule has 0 aliphatic rings. The highest BCUT2D eigenvalue weighted by Gasteiger charge is 2.34. The van der Waals surface area contributed by atoms with Crippen molar-refractivity contribution in [3.63, 3.8) is 0 Å². The van der Waals surface area contributed by atoms with Crippen LogP contribution in [0.1, 0.15) is 11.5 Å². The summed E-state index contributed by atoms with van der Waals surface area (Å²) in [5.74, 6) is -1.62. The molecule has 0 fully saturated rings. The van der Waals surface area contributed by atoms with Gasteiger partial charge < -0.3 is 9.84 Å². The minimum atomic E-state index is -5.03. The number of aliphatic hydroxyl groups excluding tert-OH is 1. The predicted octanol–water partition coefficient (Wildman–Crippen LogP) is 2.40. The molecule has 1 aromatic rings. The zero-order valence-electron chi connectivity index (χ0n) is 8.98. The van der Waals surface area contributed by atoms with E-state index in [1.54, 1.807) is 0 Å². The lowest BCUT2D eigenvalue weighted by atomic mass is 10.0. The highest BCUT2D eigenvalue weighted by molar-refractivity contribution is 5.49. The molecule has 0 aromatic heterocycles. The SMILES string of the molecule is [CH2]C(CO)c1ccc([N+](=O)[O-])c(OC(F)(F)F)c1. The number of halogens is 3. The average Bonchev–Trinajstić information content (AvgIpc) is 2.25. The van der Waals surface area contributed by atoms with Gasteiger partial charge in [-0.15, -0.1) is 13.2 Å². The number of benzene rings is 1. The topological polar surface area (TPSA) is 72.6 Å². The highest BCUT2D eigenvalue weighted by Crippen LogP contribution is 2.34. The van der Waals surface area contributed by atoms with Crippen molar-refractivity contribution in [3.05, 3.63) is 40.8 Å². The van der Waals surface area contributed by atoms with Crippen molar-refractivity contribution < 1.29 is 27.9 Å².